The number of nitrogens with one attached hydrogen (secondary N) is 2. The van der Waals surface area contributed by atoms with Crippen molar-refractivity contribution in [2.45, 2.75) is 0 Å². The zero-order chi connectivity index (χ0) is 25.7. The fraction of sp³-hybridized carbons (Fsp3) is 0. The zero-order valence-corrected chi connectivity index (χ0v) is 21.3. The quantitative estimate of drug-likeness (QED) is 0.231. The molecule has 0 radical (unpaired) electrons. The summed E-state index contributed by atoms with van der Waals surface area (Å²) in [7, 11) is 0. The lowest BCUT2D eigenvalue weighted by molar-refractivity contribution is 0.101. The van der Waals surface area contributed by atoms with Crippen molar-refractivity contribution in [3.63, 3.8) is 0 Å². The number of amides is 2. The van der Waals surface area contributed by atoms with Gasteiger partial charge < -0.3 is 10.6 Å². The second-order valence-electron chi connectivity index (χ2n) is 7.42. The van der Waals surface area contributed by atoms with E-state index in [0.29, 0.717) is 27.1 Å². The number of anilines is 2. The molecule has 36 heavy (non-hydrogen) atoms. The Morgan fingerprint density at radius 1 is 0.611 bits per heavy atom. The van der Waals surface area contributed by atoms with Crippen molar-refractivity contribution >= 4 is 81.0 Å². The number of halogens is 4. The van der Waals surface area contributed by atoms with Crippen molar-refractivity contribution in [3.05, 3.63) is 116 Å². The van der Waals surface area contributed by atoms with Crippen molar-refractivity contribution in [1.82, 2.24) is 0 Å². The van der Waals surface area contributed by atoms with Crippen LogP contribution in [0.1, 0.15) is 20.7 Å². The molecule has 4 aromatic rings. The molecule has 0 spiro atoms. The zero-order valence-electron chi connectivity index (χ0n) is 18.3. The van der Waals surface area contributed by atoms with E-state index < -0.39 is 11.8 Å². The molecule has 0 aliphatic heterocycles. The van der Waals surface area contributed by atoms with Crippen LogP contribution in [-0.2, 0) is 0 Å². The van der Waals surface area contributed by atoms with Gasteiger partial charge in [0.15, 0.2) is 0 Å². The number of carbonyl (C=O) groups excluding carboxylic acids is 2. The first kappa shape index (κ1) is 25.7. The summed E-state index contributed by atoms with van der Waals surface area (Å²) in [6.45, 7) is 0. The van der Waals surface area contributed by atoms with Gasteiger partial charge in [0.2, 0.25) is 0 Å². The van der Waals surface area contributed by atoms with Crippen molar-refractivity contribution < 1.29 is 9.59 Å². The molecule has 2 N–H and O–H groups in total. The summed E-state index contributed by atoms with van der Waals surface area (Å²) in [4.78, 5) is 25.8. The van der Waals surface area contributed by atoms with E-state index in [1.807, 2.05) is 18.2 Å². The third-order valence-corrected chi connectivity index (χ3v) is 6.01. The number of carbonyl (C=O) groups is 2. The highest BCUT2D eigenvalue weighted by atomic mass is 35.5. The van der Waals surface area contributed by atoms with Crippen LogP contribution < -0.4 is 10.6 Å². The van der Waals surface area contributed by atoms with Gasteiger partial charge in [0.1, 0.15) is 5.69 Å². The van der Waals surface area contributed by atoms with Crippen molar-refractivity contribution in [1.29, 1.82) is 0 Å². The van der Waals surface area contributed by atoms with E-state index in [4.69, 9.17) is 46.4 Å². The third-order valence-electron chi connectivity index (χ3n) is 4.88. The topological polar surface area (TPSA) is 82.9 Å². The van der Waals surface area contributed by atoms with E-state index in [1.165, 1.54) is 24.3 Å². The van der Waals surface area contributed by atoms with Gasteiger partial charge in [-0.25, -0.2) is 0 Å². The number of nitrogens with zero attached hydrogens (tertiary/aromatic N) is 2. The van der Waals surface area contributed by atoms with E-state index >= 15 is 0 Å². The van der Waals surface area contributed by atoms with Gasteiger partial charge in [-0.15, -0.1) is 5.11 Å². The molecule has 0 heterocycles. The Kier molecular flexibility index (Phi) is 8.23. The van der Waals surface area contributed by atoms with Crippen molar-refractivity contribution in [2.24, 2.45) is 10.2 Å². The molecule has 180 valence electrons. The lowest BCUT2D eigenvalue weighted by Gasteiger charge is -2.12. The van der Waals surface area contributed by atoms with Gasteiger partial charge in [-0.2, -0.15) is 5.11 Å². The van der Waals surface area contributed by atoms with Crippen LogP contribution in [-0.4, -0.2) is 11.8 Å². The fourth-order valence-corrected chi connectivity index (χ4v) is 3.89. The molecule has 0 bridgehead atoms. The predicted molar refractivity (Wildman–Crippen MR) is 146 cm³/mol. The second kappa shape index (κ2) is 11.5. The largest absolute Gasteiger partial charge is 0.322 e. The van der Waals surface area contributed by atoms with Crippen molar-refractivity contribution in [3.8, 4) is 0 Å². The van der Waals surface area contributed by atoms with Crippen LogP contribution in [0.4, 0.5) is 22.7 Å². The molecular formula is C26H16Cl4N4O2. The minimum absolute atomic E-state index is 0.176. The highest BCUT2D eigenvalue weighted by Gasteiger charge is 2.16. The first-order valence-corrected chi connectivity index (χ1v) is 11.9. The van der Waals surface area contributed by atoms with Gasteiger partial charge in [-0.3, -0.25) is 9.59 Å². The number of hydrogen-bond acceptors (Lipinski definition) is 4. The van der Waals surface area contributed by atoms with Gasteiger partial charge in [-0.1, -0.05) is 64.6 Å². The van der Waals surface area contributed by atoms with E-state index in [1.54, 1.807) is 42.5 Å². The van der Waals surface area contributed by atoms with Crippen LogP contribution in [0.25, 0.3) is 0 Å². The standard InChI is InChI=1S/C26H16Cl4N4O2/c27-15-6-9-21(29)19(12-15)25(35)31-18-8-11-23(34-33-17-4-2-1-3-5-17)24(14-18)32-26(36)20-13-16(28)7-10-22(20)30/h1-14H,(H,31,35)(H,32,36). The molecule has 0 fully saturated rings. The molecular weight excluding hydrogens is 542 g/mol. The number of rotatable bonds is 6. The van der Waals surface area contributed by atoms with Gasteiger partial charge in [0, 0.05) is 15.7 Å². The Balaban J connectivity index is 1.67. The smallest absolute Gasteiger partial charge is 0.257 e. The van der Waals surface area contributed by atoms with Crippen LogP contribution >= 0.6 is 46.4 Å². The van der Waals surface area contributed by atoms with Crippen LogP contribution in [0, 0.1) is 0 Å². The molecule has 10 heteroatoms. The molecule has 0 aliphatic rings. The summed E-state index contributed by atoms with van der Waals surface area (Å²) in [6, 6.07) is 23.0. The van der Waals surface area contributed by atoms with Crippen LogP contribution in [0.5, 0.6) is 0 Å². The first-order chi connectivity index (χ1) is 17.3. The lowest BCUT2D eigenvalue weighted by atomic mass is 10.1. The minimum Gasteiger partial charge on any atom is -0.322 e. The number of benzene rings is 4. The molecule has 6 nitrogen and oxygen atoms in total. The Labute approximate surface area is 226 Å². The average Bonchev–Trinajstić information content (AvgIpc) is 2.87. The molecule has 0 aromatic heterocycles. The Bertz CT molecular complexity index is 1480. The van der Waals surface area contributed by atoms with Gasteiger partial charge in [-0.05, 0) is 66.7 Å². The first-order valence-electron chi connectivity index (χ1n) is 10.4. The van der Waals surface area contributed by atoms with Gasteiger partial charge in [0.25, 0.3) is 11.8 Å². The minimum atomic E-state index is -0.514. The van der Waals surface area contributed by atoms with Gasteiger partial charge >= 0.3 is 0 Å². The second-order valence-corrected chi connectivity index (χ2v) is 9.11. The highest BCUT2D eigenvalue weighted by Crippen LogP contribution is 2.32. The van der Waals surface area contributed by atoms with Gasteiger partial charge in [0.05, 0.1) is 32.5 Å². The van der Waals surface area contributed by atoms with Crippen LogP contribution in [0.15, 0.2) is 95.2 Å². The average molecular weight is 558 g/mol. The SMILES string of the molecule is O=C(Nc1ccc(N=Nc2ccccc2)c(NC(=O)c2cc(Cl)ccc2Cl)c1)c1cc(Cl)ccc1Cl. The Hall–Kier alpha value is -3.42. The van der Waals surface area contributed by atoms with E-state index in [0.717, 1.165) is 0 Å². The summed E-state index contributed by atoms with van der Waals surface area (Å²) < 4.78 is 0. The Morgan fingerprint density at radius 2 is 1.19 bits per heavy atom. The molecule has 4 rings (SSSR count). The predicted octanol–water partition coefficient (Wildman–Crippen LogP) is 9.22. The molecule has 2 amide bonds. The molecule has 4 aromatic carbocycles. The molecule has 0 aliphatic carbocycles. The maximum absolute atomic E-state index is 13.0. The molecule has 0 unspecified atom stereocenters. The van der Waals surface area contributed by atoms with E-state index in [-0.39, 0.29) is 26.9 Å². The fourth-order valence-electron chi connectivity index (χ4n) is 3.14. The van der Waals surface area contributed by atoms with Crippen molar-refractivity contribution in [2.75, 3.05) is 10.6 Å². The van der Waals surface area contributed by atoms with E-state index in [2.05, 4.69) is 20.9 Å². The summed E-state index contributed by atoms with van der Waals surface area (Å²) >= 11 is 24.4. The number of azo groups is 1. The normalized spacial score (nSPS) is 10.9. The van der Waals surface area contributed by atoms with E-state index in [9.17, 15) is 9.59 Å². The maximum Gasteiger partial charge on any atom is 0.257 e. The maximum atomic E-state index is 13.0. The number of hydrogen-bond donors (Lipinski definition) is 2. The lowest BCUT2D eigenvalue weighted by Crippen LogP contribution is -2.15. The summed E-state index contributed by atoms with van der Waals surface area (Å²) in [5, 5.41) is 15.2. The summed E-state index contributed by atoms with van der Waals surface area (Å²) in [5.74, 6) is -0.989. The molecule has 0 saturated carbocycles. The van der Waals surface area contributed by atoms with Crippen LogP contribution in [0.3, 0.4) is 0 Å². The monoisotopic (exact) mass is 556 g/mol. The summed E-state index contributed by atoms with van der Waals surface area (Å²) in [5.41, 5.74) is 2.02. The Morgan fingerprint density at radius 3 is 1.81 bits per heavy atom. The highest BCUT2D eigenvalue weighted by molar-refractivity contribution is 6.37. The molecule has 0 atom stereocenters. The molecule has 0 saturated heterocycles. The summed E-state index contributed by atoms with van der Waals surface area (Å²) in [6.07, 6.45) is 0. The third kappa shape index (κ3) is 6.42. The van der Waals surface area contributed by atoms with Crippen LogP contribution in [0.2, 0.25) is 20.1 Å².